The van der Waals surface area contributed by atoms with Crippen LogP contribution in [-0.4, -0.2) is 12.1 Å². The molecule has 3 nitrogen and oxygen atoms in total. The fourth-order valence-electron chi connectivity index (χ4n) is 1.55. The molecular formula is C14H16N2OS. The molecule has 0 saturated carbocycles. The lowest BCUT2D eigenvalue weighted by Crippen LogP contribution is -1.95. The Bertz CT molecular complexity index is 570. The molecule has 0 radical (unpaired) electrons. The zero-order valence-corrected chi connectivity index (χ0v) is 11.5. The van der Waals surface area contributed by atoms with Crippen molar-refractivity contribution in [2.75, 3.05) is 12.8 Å². The first-order chi connectivity index (χ1) is 8.60. The van der Waals surface area contributed by atoms with E-state index in [1.54, 1.807) is 24.9 Å². The third-order valence-corrected chi connectivity index (χ3v) is 3.80. The highest BCUT2D eigenvalue weighted by Crippen LogP contribution is 2.34. The molecule has 2 rings (SSSR count). The average molecular weight is 260 g/mol. The van der Waals surface area contributed by atoms with Crippen LogP contribution in [0.25, 0.3) is 0 Å². The van der Waals surface area contributed by atoms with Crippen molar-refractivity contribution in [2.24, 2.45) is 0 Å². The van der Waals surface area contributed by atoms with Crippen LogP contribution in [0.4, 0.5) is 5.69 Å². The molecule has 2 aromatic rings. The summed E-state index contributed by atoms with van der Waals surface area (Å²) >= 11 is 1.57. The first-order valence-electron chi connectivity index (χ1n) is 5.66. The van der Waals surface area contributed by atoms with E-state index in [1.807, 2.05) is 6.07 Å². The minimum absolute atomic E-state index is 0.581. The van der Waals surface area contributed by atoms with E-state index in [1.165, 1.54) is 16.0 Å². The lowest BCUT2D eigenvalue weighted by Gasteiger charge is -2.09. The van der Waals surface area contributed by atoms with Crippen LogP contribution in [0.5, 0.6) is 5.88 Å². The van der Waals surface area contributed by atoms with Crippen LogP contribution in [0.15, 0.2) is 40.3 Å². The van der Waals surface area contributed by atoms with Crippen molar-refractivity contribution in [1.82, 2.24) is 4.98 Å². The Morgan fingerprint density at radius 2 is 1.94 bits per heavy atom. The van der Waals surface area contributed by atoms with Gasteiger partial charge in [0.2, 0.25) is 5.88 Å². The van der Waals surface area contributed by atoms with Gasteiger partial charge in [0.1, 0.15) is 5.03 Å². The molecule has 0 aliphatic carbocycles. The van der Waals surface area contributed by atoms with Crippen molar-refractivity contribution in [1.29, 1.82) is 0 Å². The average Bonchev–Trinajstić information content (AvgIpc) is 2.36. The minimum Gasteiger partial charge on any atom is -0.481 e. The van der Waals surface area contributed by atoms with Gasteiger partial charge in [-0.15, -0.1) is 0 Å². The lowest BCUT2D eigenvalue weighted by molar-refractivity contribution is 0.395. The Morgan fingerprint density at radius 3 is 2.67 bits per heavy atom. The SMILES string of the molecule is COc1ccc(N)c(Sc2cc(C)ccc2C)n1. The largest absolute Gasteiger partial charge is 0.481 e. The number of benzene rings is 1. The van der Waals surface area contributed by atoms with Gasteiger partial charge < -0.3 is 10.5 Å². The van der Waals surface area contributed by atoms with Gasteiger partial charge in [0, 0.05) is 11.0 Å². The molecule has 18 heavy (non-hydrogen) atoms. The number of nitrogens with zero attached hydrogens (tertiary/aromatic N) is 1. The molecule has 0 spiro atoms. The van der Waals surface area contributed by atoms with Gasteiger partial charge in [0.25, 0.3) is 0 Å². The van der Waals surface area contributed by atoms with Gasteiger partial charge in [0.15, 0.2) is 0 Å². The van der Waals surface area contributed by atoms with Gasteiger partial charge in [-0.1, -0.05) is 23.9 Å². The monoisotopic (exact) mass is 260 g/mol. The summed E-state index contributed by atoms with van der Waals surface area (Å²) in [6.45, 7) is 4.16. The summed E-state index contributed by atoms with van der Waals surface area (Å²) in [6, 6.07) is 9.93. The van der Waals surface area contributed by atoms with E-state index in [4.69, 9.17) is 10.5 Å². The maximum Gasteiger partial charge on any atom is 0.214 e. The number of rotatable bonds is 3. The van der Waals surface area contributed by atoms with Crippen molar-refractivity contribution < 1.29 is 4.74 Å². The number of methoxy groups -OCH3 is 1. The van der Waals surface area contributed by atoms with E-state index in [0.717, 1.165) is 5.03 Å². The van der Waals surface area contributed by atoms with Crippen molar-refractivity contribution in [2.45, 2.75) is 23.8 Å². The molecule has 0 bridgehead atoms. The molecule has 1 heterocycles. The predicted molar refractivity (Wildman–Crippen MR) is 75.2 cm³/mol. The van der Waals surface area contributed by atoms with Crippen LogP contribution in [0, 0.1) is 13.8 Å². The van der Waals surface area contributed by atoms with E-state index < -0.39 is 0 Å². The molecule has 94 valence electrons. The number of nitrogens with two attached hydrogens (primary N) is 1. The topological polar surface area (TPSA) is 48.1 Å². The van der Waals surface area contributed by atoms with Crippen LogP contribution in [0.2, 0.25) is 0 Å². The van der Waals surface area contributed by atoms with Crippen molar-refractivity contribution in [3.63, 3.8) is 0 Å². The third kappa shape index (κ3) is 2.76. The van der Waals surface area contributed by atoms with Crippen LogP contribution < -0.4 is 10.5 Å². The third-order valence-electron chi connectivity index (χ3n) is 2.62. The Balaban J connectivity index is 2.36. The smallest absolute Gasteiger partial charge is 0.214 e. The van der Waals surface area contributed by atoms with E-state index in [2.05, 4.69) is 37.0 Å². The molecule has 0 atom stereocenters. The Labute approximate surface area is 111 Å². The van der Waals surface area contributed by atoms with Gasteiger partial charge in [-0.2, -0.15) is 0 Å². The maximum atomic E-state index is 5.94. The molecule has 1 aromatic heterocycles. The number of anilines is 1. The standard InChI is InChI=1S/C14H16N2OS/c1-9-4-5-10(2)12(8-9)18-14-11(15)6-7-13(16-14)17-3/h4-8H,15H2,1-3H3. The van der Waals surface area contributed by atoms with Crippen molar-refractivity contribution in [3.8, 4) is 5.88 Å². The number of aryl methyl sites for hydroxylation is 2. The van der Waals surface area contributed by atoms with Crippen molar-refractivity contribution >= 4 is 17.4 Å². The maximum absolute atomic E-state index is 5.94. The van der Waals surface area contributed by atoms with E-state index in [0.29, 0.717) is 11.6 Å². The van der Waals surface area contributed by atoms with Crippen LogP contribution in [0.1, 0.15) is 11.1 Å². The fourth-order valence-corrected chi connectivity index (χ4v) is 2.55. The zero-order chi connectivity index (χ0) is 13.1. The molecule has 0 aliphatic rings. The first kappa shape index (κ1) is 12.8. The molecule has 1 aromatic carbocycles. The second-order valence-electron chi connectivity index (χ2n) is 4.12. The van der Waals surface area contributed by atoms with Gasteiger partial charge in [-0.3, -0.25) is 0 Å². The van der Waals surface area contributed by atoms with Gasteiger partial charge >= 0.3 is 0 Å². The molecule has 2 N–H and O–H groups in total. The summed E-state index contributed by atoms with van der Waals surface area (Å²) in [4.78, 5) is 5.54. The molecule has 0 amide bonds. The normalized spacial score (nSPS) is 10.4. The number of aromatic nitrogens is 1. The number of hydrogen-bond donors (Lipinski definition) is 1. The second-order valence-corrected chi connectivity index (χ2v) is 5.15. The number of hydrogen-bond acceptors (Lipinski definition) is 4. The van der Waals surface area contributed by atoms with Crippen LogP contribution in [0.3, 0.4) is 0 Å². The molecule has 0 fully saturated rings. The Morgan fingerprint density at radius 1 is 1.17 bits per heavy atom. The Kier molecular flexibility index (Phi) is 3.77. The highest BCUT2D eigenvalue weighted by molar-refractivity contribution is 7.99. The summed E-state index contributed by atoms with van der Waals surface area (Å²) in [5, 5.41) is 0.781. The summed E-state index contributed by atoms with van der Waals surface area (Å²) in [7, 11) is 1.60. The van der Waals surface area contributed by atoms with Crippen molar-refractivity contribution in [3.05, 3.63) is 41.5 Å². The summed E-state index contributed by atoms with van der Waals surface area (Å²) in [5.74, 6) is 0.581. The molecule has 0 saturated heterocycles. The Hall–Kier alpha value is -1.68. The predicted octanol–water partition coefficient (Wildman–Crippen LogP) is 3.44. The van der Waals surface area contributed by atoms with E-state index in [9.17, 15) is 0 Å². The summed E-state index contributed by atoms with van der Waals surface area (Å²) in [6.07, 6.45) is 0. The molecular weight excluding hydrogens is 244 g/mol. The summed E-state index contributed by atoms with van der Waals surface area (Å²) in [5.41, 5.74) is 9.05. The van der Waals surface area contributed by atoms with Gasteiger partial charge in [0.05, 0.1) is 12.8 Å². The highest BCUT2D eigenvalue weighted by Gasteiger charge is 2.08. The highest BCUT2D eigenvalue weighted by atomic mass is 32.2. The second kappa shape index (κ2) is 5.31. The zero-order valence-electron chi connectivity index (χ0n) is 10.7. The minimum atomic E-state index is 0.581. The molecule has 0 unspecified atom stereocenters. The van der Waals surface area contributed by atoms with Gasteiger partial charge in [-0.05, 0) is 37.1 Å². The number of ether oxygens (including phenoxy) is 1. The lowest BCUT2D eigenvalue weighted by atomic mass is 10.2. The number of pyridine rings is 1. The van der Waals surface area contributed by atoms with Crippen LogP contribution >= 0.6 is 11.8 Å². The number of nitrogen functional groups attached to an aromatic ring is 1. The molecule has 4 heteroatoms. The first-order valence-corrected chi connectivity index (χ1v) is 6.47. The van der Waals surface area contributed by atoms with E-state index in [-0.39, 0.29) is 0 Å². The molecule has 0 aliphatic heterocycles. The van der Waals surface area contributed by atoms with Crippen LogP contribution in [-0.2, 0) is 0 Å². The summed E-state index contributed by atoms with van der Waals surface area (Å²) < 4.78 is 5.12. The van der Waals surface area contributed by atoms with E-state index >= 15 is 0 Å². The quantitative estimate of drug-likeness (QED) is 0.918. The van der Waals surface area contributed by atoms with Gasteiger partial charge in [-0.25, -0.2) is 4.98 Å². The fraction of sp³-hybridized carbons (Fsp3) is 0.214.